The lowest BCUT2D eigenvalue weighted by atomic mass is 10.1. The Morgan fingerprint density at radius 2 is 2.24 bits per heavy atom. The highest BCUT2D eigenvalue weighted by atomic mass is 16.2. The number of hydrogen-bond acceptors (Lipinski definition) is 3. The molecule has 0 radical (unpaired) electrons. The average Bonchev–Trinajstić information content (AvgIpc) is 2.28. The molecule has 0 aliphatic carbocycles. The van der Waals surface area contributed by atoms with Crippen molar-refractivity contribution in [2.24, 2.45) is 0 Å². The zero-order valence-corrected chi connectivity index (χ0v) is 9.69. The van der Waals surface area contributed by atoms with Crippen molar-refractivity contribution in [2.45, 2.75) is 6.92 Å². The van der Waals surface area contributed by atoms with Gasteiger partial charge in [-0.05, 0) is 24.6 Å². The van der Waals surface area contributed by atoms with Crippen LogP contribution < -0.4 is 11.1 Å². The molecule has 2 amide bonds. The van der Waals surface area contributed by atoms with Crippen molar-refractivity contribution < 1.29 is 9.59 Å². The first-order chi connectivity index (χ1) is 8.08. The van der Waals surface area contributed by atoms with Gasteiger partial charge >= 0.3 is 0 Å². The van der Waals surface area contributed by atoms with E-state index >= 15 is 0 Å². The molecule has 5 heteroatoms. The number of carbonyl (C=O) groups is 2. The molecular formula is C12H15N3O2. The van der Waals surface area contributed by atoms with Gasteiger partial charge < -0.3 is 16.0 Å². The van der Waals surface area contributed by atoms with Crippen LogP contribution in [-0.2, 0) is 4.79 Å². The van der Waals surface area contributed by atoms with Crippen LogP contribution >= 0.6 is 0 Å². The third-order valence-electron chi connectivity index (χ3n) is 2.76. The largest absolute Gasteiger partial charge is 0.398 e. The lowest BCUT2D eigenvalue weighted by molar-refractivity contribution is -0.123. The lowest BCUT2D eigenvalue weighted by Crippen LogP contribution is -2.50. The predicted molar refractivity (Wildman–Crippen MR) is 64.5 cm³/mol. The zero-order valence-electron chi connectivity index (χ0n) is 9.69. The SMILES string of the molecule is Cc1ccc(C(=O)N2CCNC(=O)C2)c(N)c1. The van der Waals surface area contributed by atoms with E-state index in [4.69, 9.17) is 5.73 Å². The summed E-state index contributed by atoms with van der Waals surface area (Å²) < 4.78 is 0. The molecular weight excluding hydrogens is 218 g/mol. The Kier molecular flexibility index (Phi) is 2.99. The van der Waals surface area contributed by atoms with Gasteiger partial charge in [0.15, 0.2) is 0 Å². The lowest BCUT2D eigenvalue weighted by Gasteiger charge is -2.27. The Morgan fingerprint density at radius 3 is 2.88 bits per heavy atom. The number of aryl methyl sites for hydroxylation is 1. The fraction of sp³-hybridized carbons (Fsp3) is 0.333. The van der Waals surface area contributed by atoms with Crippen molar-refractivity contribution in [1.82, 2.24) is 10.2 Å². The van der Waals surface area contributed by atoms with Gasteiger partial charge in [-0.2, -0.15) is 0 Å². The summed E-state index contributed by atoms with van der Waals surface area (Å²) in [5, 5.41) is 2.68. The Hall–Kier alpha value is -2.04. The van der Waals surface area contributed by atoms with Gasteiger partial charge in [0.1, 0.15) is 0 Å². The van der Waals surface area contributed by atoms with Crippen LogP contribution in [0.1, 0.15) is 15.9 Å². The van der Waals surface area contributed by atoms with E-state index < -0.39 is 0 Å². The molecule has 1 aromatic carbocycles. The van der Waals surface area contributed by atoms with E-state index in [1.807, 2.05) is 13.0 Å². The number of piperazine rings is 1. The maximum atomic E-state index is 12.1. The van der Waals surface area contributed by atoms with E-state index in [2.05, 4.69) is 5.32 Å². The van der Waals surface area contributed by atoms with Gasteiger partial charge in [0.25, 0.3) is 5.91 Å². The van der Waals surface area contributed by atoms with Crippen LogP contribution in [0.4, 0.5) is 5.69 Å². The third-order valence-corrected chi connectivity index (χ3v) is 2.76. The first-order valence-electron chi connectivity index (χ1n) is 5.50. The van der Waals surface area contributed by atoms with Crippen molar-refractivity contribution >= 4 is 17.5 Å². The van der Waals surface area contributed by atoms with Gasteiger partial charge in [-0.15, -0.1) is 0 Å². The smallest absolute Gasteiger partial charge is 0.256 e. The Labute approximate surface area is 99.6 Å². The molecule has 0 atom stereocenters. The summed E-state index contributed by atoms with van der Waals surface area (Å²) >= 11 is 0. The molecule has 5 nitrogen and oxygen atoms in total. The maximum absolute atomic E-state index is 12.1. The van der Waals surface area contributed by atoms with Crippen LogP contribution in [0.2, 0.25) is 0 Å². The van der Waals surface area contributed by atoms with E-state index in [9.17, 15) is 9.59 Å². The second-order valence-electron chi connectivity index (χ2n) is 4.17. The third kappa shape index (κ3) is 2.38. The molecule has 90 valence electrons. The molecule has 2 rings (SSSR count). The molecule has 0 bridgehead atoms. The quantitative estimate of drug-likeness (QED) is 0.678. The molecule has 0 spiro atoms. The van der Waals surface area contributed by atoms with E-state index in [0.29, 0.717) is 24.3 Å². The highest BCUT2D eigenvalue weighted by Crippen LogP contribution is 2.16. The van der Waals surface area contributed by atoms with E-state index in [-0.39, 0.29) is 18.4 Å². The Balaban J connectivity index is 2.21. The normalized spacial score (nSPS) is 15.6. The van der Waals surface area contributed by atoms with Crippen molar-refractivity contribution in [3.63, 3.8) is 0 Å². The van der Waals surface area contributed by atoms with Crippen LogP contribution in [0.3, 0.4) is 0 Å². The topological polar surface area (TPSA) is 75.4 Å². The summed E-state index contributed by atoms with van der Waals surface area (Å²) in [5.41, 5.74) is 7.75. The molecule has 1 fully saturated rings. The highest BCUT2D eigenvalue weighted by Gasteiger charge is 2.23. The van der Waals surface area contributed by atoms with E-state index in [0.717, 1.165) is 5.56 Å². The van der Waals surface area contributed by atoms with Gasteiger partial charge in [-0.3, -0.25) is 9.59 Å². The summed E-state index contributed by atoms with van der Waals surface area (Å²) in [6, 6.07) is 5.31. The number of nitrogens with one attached hydrogen (secondary N) is 1. The molecule has 0 aromatic heterocycles. The maximum Gasteiger partial charge on any atom is 0.256 e. The second kappa shape index (κ2) is 4.45. The molecule has 1 aliphatic rings. The minimum absolute atomic E-state index is 0.103. The first-order valence-corrected chi connectivity index (χ1v) is 5.50. The van der Waals surface area contributed by atoms with Crippen LogP contribution in [0.25, 0.3) is 0 Å². The predicted octanol–water partition coefficient (Wildman–Crippen LogP) is 0.149. The van der Waals surface area contributed by atoms with Crippen LogP contribution in [0, 0.1) is 6.92 Å². The summed E-state index contributed by atoms with van der Waals surface area (Å²) in [4.78, 5) is 24.9. The average molecular weight is 233 g/mol. The van der Waals surface area contributed by atoms with Crippen LogP contribution in [0.5, 0.6) is 0 Å². The van der Waals surface area contributed by atoms with Crippen molar-refractivity contribution in [3.8, 4) is 0 Å². The number of benzene rings is 1. The van der Waals surface area contributed by atoms with Crippen LogP contribution in [0.15, 0.2) is 18.2 Å². The van der Waals surface area contributed by atoms with E-state index in [1.165, 1.54) is 4.90 Å². The molecule has 0 saturated carbocycles. The Bertz CT molecular complexity index is 471. The number of carbonyl (C=O) groups excluding carboxylic acids is 2. The van der Waals surface area contributed by atoms with Crippen molar-refractivity contribution in [2.75, 3.05) is 25.4 Å². The number of anilines is 1. The van der Waals surface area contributed by atoms with Gasteiger partial charge in [-0.1, -0.05) is 6.07 Å². The molecule has 1 aromatic rings. The number of amides is 2. The summed E-state index contributed by atoms with van der Waals surface area (Å²) in [6.07, 6.45) is 0. The number of nitrogens with two attached hydrogens (primary N) is 1. The summed E-state index contributed by atoms with van der Waals surface area (Å²) in [6.45, 7) is 3.04. The summed E-state index contributed by atoms with van der Waals surface area (Å²) in [5.74, 6) is -0.312. The second-order valence-corrected chi connectivity index (χ2v) is 4.17. The zero-order chi connectivity index (χ0) is 12.4. The fourth-order valence-electron chi connectivity index (χ4n) is 1.86. The van der Waals surface area contributed by atoms with E-state index in [1.54, 1.807) is 12.1 Å². The number of nitrogens with zero attached hydrogens (tertiary/aromatic N) is 1. The minimum atomic E-state index is -0.183. The highest BCUT2D eigenvalue weighted by molar-refractivity contribution is 6.01. The molecule has 17 heavy (non-hydrogen) atoms. The number of rotatable bonds is 1. The van der Waals surface area contributed by atoms with Gasteiger partial charge in [-0.25, -0.2) is 0 Å². The molecule has 1 saturated heterocycles. The summed E-state index contributed by atoms with van der Waals surface area (Å²) in [7, 11) is 0. The van der Waals surface area contributed by atoms with Gasteiger partial charge in [0.05, 0.1) is 12.1 Å². The fourth-order valence-corrected chi connectivity index (χ4v) is 1.86. The van der Waals surface area contributed by atoms with Gasteiger partial charge in [0, 0.05) is 18.8 Å². The molecule has 1 aliphatic heterocycles. The molecule has 1 heterocycles. The minimum Gasteiger partial charge on any atom is -0.398 e. The van der Waals surface area contributed by atoms with Gasteiger partial charge in [0.2, 0.25) is 5.91 Å². The van der Waals surface area contributed by atoms with Crippen molar-refractivity contribution in [3.05, 3.63) is 29.3 Å². The number of hydrogen-bond donors (Lipinski definition) is 2. The molecule has 0 unspecified atom stereocenters. The number of nitrogen functional groups attached to an aromatic ring is 1. The monoisotopic (exact) mass is 233 g/mol. The standard InChI is InChI=1S/C12H15N3O2/c1-8-2-3-9(10(13)6-8)12(17)15-5-4-14-11(16)7-15/h2-3,6H,4-5,7,13H2,1H3,(H,14,16). The van der Waals surface area contributed by atoms with Crippen molar-refractivity contribution in [1.29, 1.82) is 0 Å². The Morgan fingerprint density at radius 1 is 1.47 bits per heavy atom. The molecule has 3 N–H and O–H groups in total. The van der Waals surface area contributed by atoms with Crippen LogP contribution in [-0.4, -0.2) is 36.3 Å². The first kappa shape index (κ1) is 11.4.